The van der Waals surface area contributed by atoms with Crippen molar-refractivity contribution in [3.05, 3.63) is 70.9 Å². The molecule has 0 fully saturated rings. The number of rotatable bonds is 3. The van der Waals surface area contributed by atoms with E-state index in [9.17, 15) is 5.26 Å². The smallest absolute Gasteiger partial charge is 0.100 e. The number of allylic oxidation sites excluding steroid dienone is 1. The van der Waals surface area contributed by atoms with E-state index in [0.717, 1.165) is 28.8 Å². The Labute approximate surface area is 135 Å². The molecule has 2 nitrogen and oxygen atoms in total. The van der Waals surface area contributed by atoms with Gasteiger partial charge in [0.05, 0.1) is 5.56 Å². The average Bonchev–Trinajstić information content (AvgIpc) is 3.06. The van der Waals surface area contributed by atoms with Crippen LogP contribution < -0.4 is 0 Å². The second kappa shape index (κ2) is 6.64. The molecule has 2 aromatic rings. The largest absolute Gasteiger partial charge is 0.261 e. The van der Waals surface area contributed by atoms with Crippen molar-refractivity contribution in [3.8, 4) is 17.2 Å². The van der Waals surface area contributed by atoms with Crippen molar-refractivity contribution < 1.29 is 0 Å². The number of aryl methyl sites for hydroxylation is 1. The van der Waals surface area contributed by atoms with E-state index in [0.29, 0.717) is 10.8 Å². The van der Waals surface area contributed by atoms with Gasteiger partial charge < -0.3 is 0 Å². The van der Waals surface area contributed by atoms with E-state index in [1.165, 1.54) is 0 Å². The zero-order valence-electron chi connectivity index (χ0n) is 12.4. The van der Waals surface area contributed by atoms with Crippen LogP contribution in [-0.4, -0.2) is 10.2 Å². The fourth-order valence-electron chi connectivity index (χ4n) is 2.56. The maximum atomic E-state index is 9.62. The maximum Gasteiger partial charge on any atom is 0.100 e. The zero-order valence-corrected chi connectivity index (χ0v) is 13.2. The van der Waals surface area contributed by atoms with Gasteiger partial charge in [0.15, 0.2) is 0 Å². The molecular formula is C19H16N2S. The number of thioether (sulfide) groups is 1. The van der Waals surface area contributed by atoms with Crippen LogP contribution in [0.15, 0.2) is 54.1 Å². The third-order valence-electron chi connectivity index (χ3n) is 3.71. The minimum Gasteiger partial charge on any atom is -0.261 e. The Kier molecular flexibility index (Phi) is 4.41. The van der Waals surface area contributed by atoms with E-state index >= 15 is 0 Å². The summed E-state index contributed by atoms with van der Waals surface area (Å²) in [7, 11) is 0. The van der Waals surface area contributed by atoms with E-state index in [-0.39, 0.29) is 0 Å². The van der Waals surface area contributed by atoms with E-state index in [2.05, 4.69) is 34.7 Å². The average molecular weight is 304 g/mol. The summed E-state index contributed by atoms with van der Waals surface area (Å²) in [5.41, 5.74) is 4.59. The lowest BCUT2D eigenvalue weighted by molar-refractivity contribution is 1.10. The lowest BCUT2D eigenvalue weighted by Gasteiger charge is -2.09. The highest BCUT2D eigenvalue weighted by Gasteiger charge is 2.11. The van der Waals surface area contributed by atoms with Gasteiger partial charge in [-0.2, -0.15) is 5.26 Å². The number of nitrogens with zero attached hydrogens (tertiary/aromatic N) is 2. The van der Waals surface area contributed by atoms with Crippen LogP contribution in [0.2, 0.25) is 0 Å². The number of pyridine rings is 1. The van der Waals surface area contributed by atoms with Crippen molar-refractivity contribution in [2.24, 2.45) is 0 Å². The fourth-order valence-corrected chi connectivity index (χ4v) is 3.38. The molecular weight excluding hydrogens is 288 g/mol. The first-order valence-electron chi connectivity index (χ1n) is 7.23. The summed E-state index contributed by atoms with van der Waals surface area (Å²) in [5, 5.41) is 12.2. The van der Waals surface area contributed by atoms with E-state index in [4.69, 9.17) is 0 Å². The van der Waals surface area contributed by atoms with Crippen molar-refractivity contribution in [1.82, 2.24) is 4.98 Å². The topological polar surface area (TPSA) is 36.7 Å². The third kappa shape index (κ3) is 2.98. The summed E-state index contributed by atoms with van der Waals surface area (Å²) in [6.07, 6.45) is 9.27. The van der Waals surface area contributed by atoms with Crippen molar-refractivity contribution >= 4 is 17.8 Å². The molecule has 3 rings (SSSR count). The third-order valence-corrected chi connectivity index (χ3v) is 4.76. The van der Waals surface area contributed by atoms with E-state index in [1.807, 2.05) is 49.0 Å². The van der Waals surface area contributed by atoms with Crippen LogP contribution in [0.25, 0.3) is 17.2 Å². The van der Waals surface area contributed by atoms with Crippen molar-refractivity contribution in [1.29, 1.82) is 5.26 Å². The van der Waals surface area contributed by atoms with Crippen molar-refractivity contribution in [2.45, 2.75) is 18.6 Å². The lowest BCUT2D eigenvalue weighted by atomic mass is 9.95. The van der Waals surface area contributed by atoms with Crippen LogP contribution in [0.5, 0.6) is 0 Å². The standard InChI is InChI=1S/C19H16N2S/c1-14-17(8-3-11-21-14)18-7-2-5-15(19(18)13-20)9-10-16-6-4-12-22-16/h2-5,7-12,16H,6H2,1H3. The van der Waals surface area contributed by atoms with Gasteiger partial charge >= 0.3 is 0 Å². The molecule has 3 heteroatoms. The van der Waals surface area contributed by atoms with Gasteiger partial charge in [-0.1, -0.05) is 42.5 Å². The SMILES string of the molecule is Cc1ncccc1-c1cccc(C=CC2CC=CS2)c1C#N. The van der Waals surface area contributed by atoms with Gasteiger partial charge in [-0.15, -0.1) is 11.8 Å². The summed E-state index contributed by atoms with van der Waals surface area (Å²) in [6.45, 7) is 1.97. The Morgan fingerprint density at radius 1 is 1.27 bits per heavy atom. The molecule has 1 unspecified atom stereocenters. The maximum absolute atomic E-state index is 9.62. The predicted molar refractivity (Wildman–Crippen MR) is 93.3 cm³/mol. The second-order valence-electron chi connectivity index (χ2n) is 5.16. The van der Waals surface area contributed by atoms with E-state index < -0.39 is 0 Å². The van der Waals surface area contributed by atoms with E-state index in [1.54, 1.807) is 6.20 Å². The number of hydrogen-bond acceptors (Lipinski definition) is 3. The first-order valence-corrected chi connectivity index (χ1v) is 8.17. The molecule has 1 aliphatic rings. The molecule has 0 amide bonds. The van der Waals surface area contributed by atoms with Crippen LogP contribution in [0, 0.1) is 18.3 Å². The quantitative estimate of drug-likeness (QED) is 0.804. The van der Waals surface area contributed by atoms with Crippen LogP contribution in [0.1, 0.15) is 23.2 Å². The predicted octanol–water partition coefficient (Wildman–Crippen LogP) is 4.96. The first-order chi connectivity index (χ1) is 10.8. The lowest BCUT2D eigenvalue weighted by Crippen LogP contribution is -1.94. The minimum absolute atomic E-state index is 0.482. The molecule has 1 aliphatic heterocycles. The van der Waals surface area contributed by atoms with Gasteiger partial charge in [-0.25, -0.2) is 0 Å². The second-order valence-corrected chi connectivity index (χ2v) is 6.31. The van der Waals surface area contributed by atoms with Crippen LogP contribution in [0.3, 0.4) is 0 Å². The summed E-state index contributed by atoms with van der Waals surface area (Å²) in [5.74, 6) is 0. The highest BCUT2D eigenvalue weighted by Crippen LogP contribution is 2.30. The zero-order chi connectivity index (χ0) is 15.4. The van der Waals surface area contributed by atoms with Gasteiger partial charge in [0.25, 0.3) is 0 Å². The molecule has 0 N–H and O–H groups in total. The Hall–Kier alpha value is -2.31. The Balaban J connectivity index is 2.01. The molecule has 1 aromatic heterocycles. The summed E-state index contributed by atoms with van der Waals surface area (Å²) >= 11 is 1.82. The number of hydrogen-bond donors (Lipinski definition) is 0. The van der Waals surface area contributed by atoms with Crippen LogP contribution >= 0.6 is 11.8 Å². The highest BCUT2D eigenvalue weighted by atomic mass is 32.2. The molecule has 0 bridgehead atoms. The Morgan fingerprint density at radius 2 is 2.14 bits per heavy atom. The highest BCUT2D eigenvalue weighted by molar-refractivity contribution is 8.03. The van der Waals surface area contributed by atoms with Crippen molar-refractivity contribution in [3.63, 3.8) is 0 Å². The molecule has 22 heavy (non-hydrogen) atoms. The van der Waals surface area contributed by atoms with Crippen molar-refractivity contribution in [2.75, 3.05) is 0 Å². The molecule has 0 saturated heterocycles. The summed E-state index contributed by atoms with van der Waals surface area (Å²) in [4.78, 5) is 4.33. The molecule has 0 spiro atoms. The monoisotopic (exact) mass is 304 g/mol. The molecule has 2 heterocycles. The normalized spacial score (nSPS) is 17.0. The molecule has 1 atom stereocenters. The molecule has 108 valence electrons. The Bertz CT molecular complexity index is 776. The fraction of sp³-hybridized carbons (Fsp3) is 0.158. The first kappa shape index (κ1) is 14.6. The summed E-state index contributed by atoms with van der Waals surface area (Å²) in [6, 6.07) is 12.3. The van der Waals surface area contributed by atoms with Crippen LogP contribution in [-0.2, 0) is 0 Å². The minimum atomic E-state index is 0.482. The van der Waals surface area contributed by atoms with Gasteiger partial charge in [0.1, 0.15) is 6.07 Å². The number of benzene rings is 1. The molecule has 0 radical (unpaired) electrons. The molecule has 0 saturated carbocycles. The molecule has 1 aromatic carbocycles. The van der Waals surface area contributed by atoms with Gasteiger partial charge in [0.2, 0.25) is 0 Å². The molecule has 0 aliphatic carbocycles. The summed E-state index contributed by atoms with van der Waals surface area (Å²) < 4.78 is 0. The van der Waals surface area contributed by atoms with Crippen LogP contribution in [0.4, 0.5) is 0 Å². The van der Waals surface area contributed by atoms with Gasteiger partial charge in [-0.05, 0) is 30.4 Å². The van der Waals surface area contributed by atoms with Gasteiger partial charge in [0, 0.05) is 28.3 Å². The van der Waals surface area contributed by atoms with Gasteiger partial charge in [-0.3, -0.25) is 4.98 Å². The Morgan fingerprint density at radius 3 is 2.86 bits per heavy atom. The number of nitriles is 1. The number of aromatic nitrogens is 1.